The average Bonchev–Trinajstić information content (AvgIpc) is 2.76. The molecule has 2 aromatic rings. The molecule has 4 heteroatoms. The van der Waals surface area contributed by atoms with Gasteiger partial charge in [-0.25, -0.2) is 0 Å². The molecule has 1 aliphatic heterocycles. The largest absolute Gasteiger partial charge is 0.270 e. The van der Waals surface area contributed by atoms with Crippen molar-refractivity contribution in [3.8, 4) is 0 Å². The minimum Gasteiger partial charge on any atom is -0.270 e. The summed E-state index contributed by atoms with van der Waals surface area (Å²) in [7, 11) is 0. The first-order valence-electron chi connectivity index (χ1n) is 6.61. The Labute approximate surface area is 118 Å². The fourth-order valence-electron chi connectivity index (χ4n) is 2.05. The topological polar surface area (TPSA) is 50.3 Å². The number of carbonyl (C=O) groups is 2. The van der Waals surface area contributed by atoms with E-state index in [-0.39, 0.29) is 18.4 Å². The number of carbonyl (C=O) groups excluding carboxylic acids is 2. The monoisotopic (exact) mass is 268 g/mol. The van der Waals surface area contributed by atoms with Gasteiger partial charge in [-0.1, -0.05) is 26.0 Å². The number of imide groups is 1. The predicted octanol–water partition coefficient (Wildman–Crippen LogP) is 2.90. The number of hydrogen-bond acceptors (Lipinski definition) is 3. The molecule has 0 N–H and O–H groups in total. The molecule has 1 aromatic heterocycles. The summed E-state index contributed by atoms with van der Waals surface area (Å²) >= 11 is 0. The second-order valence-corrected chi connectivity index (χ2v) is 4.10. The molecular weight excluding hydrogens is 252 g/mol. The predicted molar refractivity (Wildman–Crippen MR) is 76.2 cm³/mol. The molecule has 1 aromatic carbocycles. The zero-order valence-corrected chi connectivity index (χ0v) is 11.5. The van der Waals surface area contributed by atoms with Crippen molar-refractivity contribution in [2.24, 2.45) is 0 Å². The van der Waals surface area contributed by atoms with E-state index in [1.807, 2.05) is 13.8 Å². The zero-order chi connectivity index (χ0) is 14.5. The minimum absolute atomic E-state index is 0.229. The normalized spacial score (nSPS) is 12.8. The maximum Gasteiger partial charge on any atom is 0.261 e. The van der Waals surface area contributed by atoms with Crippen LogP contribution in [0.25, 0.3) is 0 Å². The van der Waals surface area contributed by atoms with Crippen molar-refractivity contribution in [3.63, 3.8) is 0 Å². The number of benzene rings is 1. The highest BCUT2D eigenvalue weighted by molar-refractivity contribution is 6.21. The fraction of sp³-hybridized carbons (Fsp3) is 0.188. The number of aromatic nitrogens is 1. The lowest BCUT2D eigenvalue weighted by Crippen LogP contribution is -2.29. The van der Waals surface area contributed by atoms with Crippen LogP contribution in [0.4, 0.5) is 0 Å². The van der Waals surface area contributed by atoms with Gasteiger partial charge in [0.2, 0.25) is 0 Å². The summed E-state index contributed by atoms with van der Waals surface area (Å²) in [6, 6.07) is 10.5. The number of fused-ring (bicyclic) bond motifs is 1. The number of nitrogens with zero attached hydrogens (tertiary/aromatic N) is 2. The summed E-state index contributed by atoms with van der Waals surface area (Å²) in [6.45, 7) is 4.29. The molecule has 0 atom stereocenters. The van der Waals surface area contributed by atoms with E-state index < -0.39 is 0 Å². The molecule has 1 aliphatic rings. The molecule has 0 bridgehead atoms. The number of hydrogen-bond donors (Lipinski definition) is 0. The maximum absolute atomic E-state index is 12.1. The van der Waals surface area contributed by atoms with E-state index in [0.29, 0.717) is 11.1 Å². The van der Waals surface area contributed by atoms with Crippen molar-refractivity contribution in [2.45, 2.75) is 20.4 Å². The Morgan fingerprint density at radius 1 is 0.900 bits per heavy atom. The maximum atomic E-state index is 12.1. The summed E-state index contributed by atoms with van der Waals surface area (Å²) in [5, 5.41) is 0. The molecule has 0 saturated heterocycles. The van der Waals surface area contributed by atoms with Crippen molar-refractivity contribution >= 4 is 11.8 Å². The highest BCUT2D eigenvalue weighted by Crippen LogP contribution is 2.23. The lowest BCUT2D eigenvalue weighted by Gasteiger charge is -2.13. The van der Waals surface area contributed by atoms with Crippen LogP contribution in [0, 0.1) is 0 Å². The zero-order valence-electron chi connectivity index (χ0n) is 11.5. The van der Waals surface area contributed by atoms with Crippen molar-refractivity contribution in [1.82, 2.24) is 9.88 Å². The summed E-state index contributed by atoms with van der Waals surface area (Å²) < 4.78 is 0. The molecule has 0 spiro atoms. The summed E-state index contributed by atoms with van der Waals surface area (Å²) in [5.41, 5.74) is 1.85. The van der Waals surface area contributed by atoms with Crippen LogP contribution in [0.2, 0.25) is 0 Å². The van der Waals surface area contributed by atoms with Crippen LogP contribution in [0.3, 0.4) is 0 Å². The fourth-order valence-corrected chi connectivity index (χ4v) is 2.05. The van der Waals surface area contributed by atoms with Gasteiger partial charge >= 0.3 is 0 Å². The summed E-state index contributed by atoms with van der Waals surface area (Å²) in [4.78, 5) is 29.4. The second-order valence-electron chi connectivity index (χ2n) is 4.10. The van der Waals surface area contributed by atoms with Crippen molar-refractivity contribution in [2.75, 3.05) is 0 Å². The number of pyridine rings is 1. The standard InChI is InChI=1S/C14H10N2O2.C2H6/c17-13-11-3-1-2-4-12(11)14(18)16(13)9-10-5-7-15-8-6-10;1-2/h1-8H,9H2;1-2H3. The Kier molecular flexibility index (Phi) is 4.25. The van der Waals surface area contributed by atoms with Crippen LogP contribution in [0.5, 0.6) is 0 Å². The van der Waals surface area contributed by atoms with Crippen molar-refractivity contribution < 1.29 is 9.59 Å². The van der Waals surface area contributed by atoms with E-state index in [1.165, 1.54) is 4.90 Å². The number of rotatable bonds is 2. The molecule has 0 saturated carbocycles. The van der Waals surface area contributed by atoms with Gasteiger partial charge in [-0.3, -0.25) is 19.5 Å². The first-order valence-corrected chi connectivity index (χ1v) is 6.61. The first kappa shape index (κ1) is 13.9. The van der Waals surface area contributed by atoms with Gasteiger partial charge in [0.25, 0.3) is 11.8 Å². The van der Waals surface area contributed by atoms with Gasteiger partial charge in [0.15, 0.2) is 0 Å². The molecule has 4 nitrogen and oxygen atoms in total. The van der Waals surface area contributed by atoms with Crippen LogP contribution >= 0.6 is 0 Å². The number of amides is 2. The Hall–Kier alpha value is -2.49. The highest BCUT2D eigenvalue weighted by Gasteiger charge is 2.34. The van der Waals surface area contributed by atoms with E-state index >= 15 is 0 Å². The second kappa shape index (κ2) is 6.10. The summed E-state index contributed by atoms with van der Waals surface area (Å²) in [5.74, 6) is -0.458. The van der Waals surface area contributed by atoms with Gasteiger partial charge in [-0.05, 0) is 29.8 Å². The molecule has 3 rings (SSSR count). The van der Waals surface area contributed by atoms with E-state index in [0.717, 1.165) is 5.56 Å². The van der Waals surface area contributed by atoms with Gasteiger partial charge in [0.1, 0.15) is 0 Å². The van der Waals surface area contributed by atoms with Crippen LogP contribution in [0.1, 0.15) is 40.1 Å². The smallest absolute Gasteiger partial charge is 0.261 e. The lowest BCUT2D eigenvalue weighted by molar-refractivity contribution is 0.0642. The Balaban J connectivity index is 0.000000704. The van der Waals surface area contributed by atoms with Crippen molar-refractivity contribution in [3.05, 3.63) is 65.5 Å². The molecule has 2 heterocycles. The lowest BCUT2D eigenvalue weighted by atomic mass is 10.1. The third-order valence-electron chi connectivity index (χ3n) is 2.97. The Morgan fingerprint density at radius 2 is 1.40 bits per heavy atom. The highest BCUT2D eigenvalue weighted by atomic mass is 16.2. The van der Waals surface area contributed by atoms with E-state index in [9.17, 15) is 9.59 Å². The third kappa shape index (κ3) is 2.45. The van der Waals surface area contributed by atoms with E-state index in [1.54, 1.807) is 48.8 Å². The first-order chi connectivity index (χ1) is 9.77. The molecule has 102 valence electrons. The average molecular weight is 268 g/mol. The Bertz CT molecular complexity index is 588. The molecule has 20 heavy (non-hydrogen) atoms. The van der Waals surface area contributed by atoms with Gasteiger partial charge in [-0.15, -0.1) is 0 Å². The van der Waals surface area contributed by atoms with Crippen LogP contribution in [0.15, 0.2) is 48.8 Å². The molecule has 0 aliphatic carbocycles. The van der Waals surface area contributed by atoms with Crippen LogP contribution < -0.4 is 0 Å². The quantitative estimate of drug-likeness (QED) is 0.787. The SMILES string of the molecule is CC.O=C1c2ccccc2C(=O)N1Cc1ccncc1. The van der Waals surface area contributed by atoms with E-state index in [2.05, 4.69) is 4.98 Å². The van der Waals surface area contributed by atoms with Crippen molar-refractivity contribution in [1.29, 1.82) is 0 Å². The molecule has 0 unspecified atom stereocenters. The van der Waals surface area contributed by atoms with E-state index in [4.69, 9.17) is 0 Å². The Morgan fingerprint density at radius 3 is 1.90 bits per heavy atom. The molecular formula is C16H16N2O2. The van der Waals surface area contributed by atoms with Crippen LogP contribution in [-0.4, -0.2) is 21.7 Å². The van der Waals surface area contributed by atoms with Gasteiger partial charge in [0.05, 0.1) is 17.7 Å². The molecule has 0 radical (unpaired) electrons. The molecule has 2 amide bonds. The van der Waals surface area contributed by atoms with Gasteiger partial charge in [-0.2, -0.15) is 0 Å². The third-order valence-corrected chi connectivity index (χ3v) is 2.97. The van der Waals surface area contributed by atoms with Gasteiger partial charge in [0, 0.05) is 12.4 Å². The van der Waals surface area contributed by atoms with Crippen LogP contribution in [-0.2, 0) is 6.54 Å². The van der Waals surface area contributed by atoms with Gasteiger partial charge < -0.3 is 0 Å². The summed E-state index contributed by atoms with van der Waals surface area (Å²) in [6.07, 6.45) is 3.29. The minimum atomic E-state index is -0.229. The molecule has 0 fully saturated rings.